The van der Waals surface area contributed by atoms with E-state index in [2.05, 4.69) is 4.72 Å². The molecule has 0 heterocycles. The third-order valence-corrected chi connectivity index (χ3v) is 4.14. The van der Waals surface area contributed by atoms with Gasteiger partial charge in [0.2, 0.25) is 15.9 Å². The lowest BCUT2D eigenvalue weighted by molar-refractivity contribution is -0.119. The van der Waals surface area contributed by atoms with Crippen LogP contribution in [0.4, 0.5) is 4.39 Å². The molecule has 0 saturated heterocycles. The molecule has 0 aliphatic rings. The zero-order valence-electron chi connectivity index (χ0n) is 11.0. The topological polar surface area (TPSA) is 113 Å². The summed E-state index contributed by atoms with van der Waals surface area (Å²) in [6.07, 6.45) is -0.233. The minimum Gasteiger partial charge on any atom is -0.370 e. The first-order chi connectivity index (χ1) is 9.09. The molecule has 1 aromatic carbocycles. The van der Waals surface area contributed by atoms with Crippen LogP contribution in [0.5, 0.6) is 0 Å². The summed E-state index contributed by atoms with van der Waals surface area (Å²) < 4.78 is 40.0. The Kier molecular flexibility index (Phi) is 4.47. The van der Waals surface area contributed by atoms with Crippen LogP contribution in [0.1, 0.15) is 25.8 Å². The molecule has 0 spiro atoms. The van der Waals surface area contributed by atoms with E-state index < -0.39 is 37.7 Å². The molecule has 0 fully saturated rings. The van der Waals surface area contributed by atoms with Crippen molar-refractivity contribution in [3.8, 4) is 6.07 Å². The maximum atomic E-state index is 13.4. The molecular weight excluding hydrogens is 285 g/mol. The lowest BCUT2D eigenvalue weighted by atomic mass is 10.0. The predicted molar refractivity (Wildman–Crippen MR) is 69.3 cm³/mol. The molecule has 0 saturated carbocycles. The molecule has 0 radical (unpaired) electrons. The molecule has 0 bridgehead atoms. The average Bonchev–Trinajstić information content (AvgIpc) is 2.25. The first kappa shape index (κ1) is 16.1. The minimum absolute atomic E-state index is 0.233. The molecule has 0 aliphatic heterocycles. The molecular formula is C12H14FN3O3S. The van der Waals surface area contributed by atoms with E-state index in [-0.39, 0.29) is 6.42 Å². The lowest BCUT2D eigenvalue weighted by Gasteiger charge is -2.24. The minimum atomic E-state index is -4.15. The van der Waals surface area contributed by atoms with Crippen LogP contribution in [0.2, 0.25) is 0 Å². The number of hydrogen-bond acceptors (Lipinski definition) is 4. The molecule has 3 N–H and O–H groups in total. The first-order valence-electron chi connectivity index (χ1n) is 5.60. The summed E-state index contributed by atoms with van der Waals surface area (Å²) in [6.45, 7) is 2.92. The van der Waals surface area contributed by atoms with E-state index in [9.17, 15) is 17.6 Å². The average molecular weight is 299 g/mol. The number of benzene rings is 1. The van der Waals surface area contributed by atoms with Crippen molar-refractivity contribution in [2.24, 2.45) is 5.73 Å². The Morgan fingerprint density at radius 2 is 2.10 bits per heavy atom. The van der Waals surface area contributed by atoms with Crippen molar-refractivity contribution in [2.75, 3.05) is 0 Å². The highest BCUT2D eigenvalue weighted by atomic mass is 32.2. The van der Waals surface area contributed by atoms with Crippen molar-refractivity contribution in [1.29, 1.82) is 5.26 Å². The molecule has 1 aromatic rings. The zero-order chi connectivity index (χ0) is 15.6. The predicted octanol–water partition coefficient (Wildman–Crippen LogP) is 0.630. The largest absolute Gasteiger partial charge is 0.370 e. The molecule has 0 aliphatic carbocycles. The number of nitriles is 1. The number of primary amides is 1. The van der Waals surface area contributed by atoms with E-state index in [0.717, 1.165) is 12.1 Å². The normalized spacial score (nSPS) is 11.9. The summed E-state index contributed by atoms with van der Waals surface area (Å²) in [5, 5.41) is 8.85. The van der Waals surface area contributed by atoms with Gasteiger partial charge in [-0.05, 0) is 26.0 Å². The number of hydrogen-bond donors (Lipinski definition) is 2. The summed E-state index contributed by atoms with van der Waals surface area (Å²) in [7, 11) is -4.15. The molecule has 0 atom stereocenters. The van der Waals surface area contributed by atoms with E-state index in [1.54, 1.807) is 0 Å². The summed E-state index contributed by atoms with van der Waals surface area (Å²) >= 11 is 0. The highest BCUT2D eigenvalue weighted by molar-refractivity contribution is 7.89. The third-order valence-electron chi connectivity index (χ3n) is 2.40. The van der Waals surface area contributed by atoms with Crippen molar-refractivity contribution >= 4 is 15.9 Å². The Hall–Kier alpha value is -1.98. The summed E-state index contributed by atoms with van der Waals surface area (Å²) in [5.74, 6) is -1.61. The summed E-state index contributed by atoms with van der Waals surface area (Å²) in [4.78, 5) is 10.4. The number of rotatable bonds is 5. The molecule has 0 unspecified atom stereocenters. The highest BCUT2D eigenvalue weighted by Crippen LogP contribution is 2.20. The highest BCUT2D eigenvalue weighted by Gasteiger charge is 2.30. The van der Waals surface area contributed by atoms with Gasteiger partial charge in [0.05, 0.1) is 0 Å². The molecule has 20 heavy (non-hydrogen) atoms. The zero-order valence-corrected chi connectivity index (χ0v) is 11.8. The van der Waals surface area contributed by atoms with Gasteiger partial charge in [-0.3, -0.25) is 4.79 Å². The number of amides is 1. The van der Waals surface area contributed by atoms with Gasteiger partial charge in [-0.15, -0.1) is 0 Å². The van der Waals surface area contributed by atoms with Gasteiger partial charge in [0.15, 0.2) is 0 Å². The van der Waals surface area contributed by atoms with Crippen LogP contribution in [0.25, 0.3) is 0 Å². The number of nitrogens with zero attached hydrogens (tertiary/aromatic N) is 1. The van der Waals surface area contributed by atoms with Crippen LogP contribution in [0, 0.1) is 17.1 Å². The number of nitrogens with two attached hydrogens (primary N) is 1. The Balaban J connectivity index is 3.23. The Morgan fingerprint density at radius 1 is 1.50 bits per heavy atom. The Bertz CT molecular complexity index is 678. The first-order valence-corrected chi connectivity index (χ1v) is 7.08. The number of sulfonamides is 1. The van der Waals surface area contributed by atoms with E-state index in [4.69, 9.17) is 11.0 Å². The third kappa shape index (κ3) is 3.76. The number of halogens is 1. The number of carbonyl (C=O) groups excluding carboxylic acids is 1. The van der Waals surface area contributed by atoms with E-state index in [1.165, 1.54) is 26.0 Å². The monoisotopic (exact) mass is 299 g/mol. The van der Waals surface area contributed by atoms with Gasteiger partial charge in [0.1, 0.15) is 22.3 Å². The van der Waals surface area contributed by atoms with Gasteiger partial charge >= 0.3 is 0 Å². The molecule has 1 rings (SSSR count). The van der Waals surface area contributed by atoms with E-state index >= 15 is 0 Å². The SMILES string of the molecule is CC(C)(CC(N)=O)NS(=O)(=O)c1cccc(F)c1C#N. The Labute approximate surface area is 116 Å². The van der Waals surface area contributed by atoms with Gasteiger partial charge in [-0.25, -0.2) is 17.5 Å². The number of carbonyl (C=O) groups is 1. The standard InChI is InChI=1S/C12H14FN3O3S/c1-12(2,6-11(15)17)16-20(18,19)10-5-3-4-9(13)8(10)7-14/h3-5,16H,6H2,1-2H3,(H2,15,17). The Morgan fingerprint density at radius 3 is 2.60 bits per heavy atom. The molecule has 0 aromatic heterocycles. The van der Waals surface area contributed by atoms with Gasteiger partial charge in [-0.2, -0.15) is 5.26 Å². The van der Waals surface area contributed by atoms with E-state index in [0.29, 0.717) is 0 Å². The van der Waals surface area contributed by atoms with Gasteiger partial charge in [-0.1, -0.05) is 6.07 Å². The maximum Gasteiger partial charge on any atom is 0.242 e. The molecule has 8 heteroatoms. The molecule has 6 nitrogen and oxygen atoms in total. The smallest absolute Gasteiger partial charge is 0.242 e. The summed E-state index contributed by atoms with van der Waals surface area (Å²) in [6, 6.07) is 4.80. The lowest BCUT2D eigenvalue weighted by Crippen LogP contribution is -2.46. The van der Waals surface area contributed by atoms with Gasteiger partial charge in [0.25, 0.3) is 0 Å². The van der Waals surface area contributed by atoms with E-state index in [1.807, 2.05) is 0 Å². The second-order valence-corrected chi connectivity index (χ2v) is 6.51. The van der Waals surface area contributed by atoms with Crippen molar-refractivity contribution in [1.82, 2.24) is 4.72 Å². The second kappa shape index (κ2) is 5.56. The van der Waals surface area contributed by atoms with Crippen molar-refractivity contribution in [3.05, 3.63) is 29.6 Å². The van der Waals surface area contributed by atoms with Crippen molar-refractivity contribution < 1.29 is 17.6 Å². The van der Waals surface area contributed by atoms with Crippen LogP contribution in [-0.2, 0) is 14.8 Å². The van der Waals surface area contributed by atoms with Crippen molar-refractivity contribution in [3.63, 3.8) is 0 Å². The van der Waals surface area contributed by atoms with Crippen molar-refractivity contribution in [2.45, 2.75) is 30.7 Å². The fraction of sp³-hybridized carbons (Fsp3) is 0.333. The fourth-order valence-corrected chi connectivity index (χ4v) is 3.31. The molecule has 1 amide bonds. The van der Waals surface area contributed by atoms with Gasteiger partial charge in [0, 0.05) is 12.0 Å². The van der Waals surface area contributed by atoms with Crippen LogP contribution in [0.15, 0.2) is 23.1 Å². The fourth-order valence-electron chi connectivity index (χ4n) is 1.73. The quantitative estimate of drug-likeness (QED) is 0.830. The maximum absolute atomic E-state index is 13.4. The van der Waals surface area contributed by atoms with Gasteiger partial charge < -0.3 is 5.73 Å². The van der Waals surface area contributed by atoms with Crippen LogP contribution in [0.3, 0.4) is 0 Å². The number of nitrogens with one attached hydrogen (secondary N) is 1. The van der Waals surface area contributed by atoms with Crippen LogP contribution < -0.4 is 10.5 Å². The second-order valence-electron chi connectivity index (χ2n) is 4.86. The molecule has 108 valence electrons. The van der Waals surface area contributed by atoms with Crippen LogP contribution in [-0.4, -0.2) is 19.9 Å². The van der Waals surface area contributed by atoms with Crippen LogP contribution >= 0.6 is 0 Å². The summed E-state index contributed by atoms with van der Waals surface area (Å²) in [5.41, 5.74) is 3.31.